The molecule has 130 valence electrons. The van der Waals surface area contributed by atoms with Crippen LogP contribution in [0.1, 0.15) is 31.7 Å². The fourth-order valence-corrected chi connectivity index (χ4v) is 3.12. The highest BCUT2D eigenvalue weighted by atomic mass is 16.2. The first-order valence-electron chi connectivity index (χ1n) is 8.92. The largest absolute Gasteiger partial charge is 0.326 e. The van der Waals surface area contributed by atoms with Crippen molar-refractivity contribution in [3.05, 3.63) is 60.2 Å². The topological polar surface area (TPSA) is 49.4 Å². The minimum atomic E-state index is -0.313. The van der Waals surface area contributed by atoms with Gasteiger partial charge in [0.15, 0.2) is 0 Å². The van der Waals surface area contributed by atoms with Gasteiger partial charge in [-0.1, -0.05) is 43.7 Å². The lowest BCUT2D eigenvalue weighted by Crippen LogP contribution is -2.28. The molecule has 1 aliphatic rings. The zero-order valence-corrected chi connectivity index (χ0v) is 14.6. The van der Waals surface area contributed by atoms with E-state index in [4.69, 9.17) is 0 Å². The van der Waals surface area contributed by atoms with E-state index in [1.165, 1.54) is 18.4 Å². The third-order valence-corrected chi connectivity index (χ3v) is 4.60. The molecule has 2 amide bonds. The van der Waals surface area contributed by atoms with E-state index in [2.05, 4.69) is 24.4 Å². The molecule has 0 aromatic heterocycles. The molecular formula is C21H24N2O2. The predicted molar refractivity (Wildman–Crippen MR) is 101 cm³/mol. The maximum absolute atomic E-state index is 12.5. The number of carbonyl (C=O) groups excluding carboxylic acids is 2. The van der Waals surface area contributed by atoms with Crippen LogP contribution in [0.2, 0.25) is 0 Å². The molecule has 0 radical (unpaired) electrons. The molecule has 1 fully saturated rings. The smallest absolute Gasteiger partial charge is 0.229 e. The maximum atomic E-state index is 12.5. The van der Waals surface area contributed by atoms with Crippen LogP contribution in [0.4, 0.5) is 11.4 Å². The van der Waals surface area contributed by atoms with Gasteiger partial charge < -0.3 is 10.2 Å². The number of hydrogen-bond donors (Lipinski definition) is 1. The molecule has 1 heterocycles. The number of carbonyl (C=O) groups is 2. The lowest BCUT2D eigenvalue weighted by Gasteiger charge is -2.16. The number of hydrogen-bond acceptors (Lipinski definition) is 2. The van der Waals surface area contributed by atoms with E-state index in [1.807, 2.05) is 42.5 Å². The molecule has 2 aromatic carbocycles. The Morgan fingerprint density at radius 1 is 1.12 bits per heavy atom. The summed E-state index contributed by atoms with van der Waals surface area (Å²) >= 11 is 0. The molecule has 0 aliphatic carbocycles. The number of nitrogens with zero attached hydrogens (tertiary/aromatic N) is 1. The van der Waals surface area contributed by atoms with Gasteiger partial charge in [-0.2, -0.15) is 0 Å². The van der Waals surface area contributed by atoms with Gasteiger partial charge in [0.25, 0.3) is 0 Å². The number of anilines is 2. The Balaban J connectivity index is 1.59. The highest BCUT2D eigenvalue weighted by Crippen LogP contribution is 2.25. The van der Waals surface area contributed by atoms with E-state index in [-0.39, 0.29) is 24.2 Å². The van der Waals surface area contributed by atoms with Crippen molar-refractivity contribution < 1.29 is 9.59 Å². The normalized spacial score (nSPS) is 16.9. The van der Waals surface area contributed by atoms with Crippen LogP contribution < -0.4 is 10.2 Å². The maximum Gasteiger partial charge on any atom is 0.229 e. The summed E-state index contributed by atoms with van der Waals surface area (Å²) in [6.45, 7) is 2.61. The molecule has 4 nitrogen and oxygen atoms in total. The second-order valence-electron chi connectivity index (χ2n) is 6.53. The van der Waals surface area contributed by atoms with Crippen molar-refractivity contribution in [2.24, 2.45) is 5.92 Å². The summed E-state index contributed by atoms with van der Waals surface area (Å²) in [6, 6.07) is 17.5. The Morgan fingerprint density at radius 3 is 2.52 bits per heavy atom. The van der Waals surface area contributed by atoms with Crippen LogP contribution in [0.25, 0.3) is 0 Å². The quantitative estimate of drug-likeness (QED) is 0.866. The van der Waals surface area contributed by atoms with Crippen molar-refractivity contribution >= 4 is 23.2 Å². The second kappa shape index (κ2) is 7.97. The second-order valence-corrected chi connectivity index (χ2v) is 6.53. The van der Waals surface area contributed by atoms with Crippen LogP contribution in [0.15, 0.2) is 54.6 Å². The zero-order valence-electron chi connectivity index (χ0n) is 14.6. The van der Waals surface area contributed by atoms with Crippen LogP contribution in [0.5, 0.6) is 0 Å². The Labute approximate surface area is 148 Å². The first-order chi connectivity index (χ1) is 12.2. The number of rotatable bonds is 6. The van der Waals surface area contributed by atoms with Crippen LogP contribution in [0.3, 0.4) is 0 Å². The number of benzene rings is 2. The molecule has 1 aliphatic heterocycles. The minimum absolute atomic E-state index is 0.00117. The molecule has 1 atom stereocenters. The van der Waals surface area contributed by atoms with Crippen molar-refractivity contribution in [3.8, 4) is 0 Å². The Hall–Kier alpha value is -2.62. The summed E-state index contributed by atoms with van der Waals surface area (Å²) in [5, 5.41) is 2.94. The lowest BCUT2D eigenvalue weighted by molar-refractivity contribution is -0.122. The third kappa shape index (κ3) is 4.27. The summed E-state index contributed by atoms with van der Waals surface area (Å²) < 4.78 is 0. The van der Waals surface area contributed by atoms with Crippen LogP contribution in [-0.4, -0.2) is 18.4 Å². The van der Waals surface area contributed by atoms with Crippen LogP contribution in [0, 0.1) is 5.92 Å². The van der Waals surface area contributed by atoms with Crippen molar-refractivity contribution in [3.63, 3.8) is 0 Å². The highest BCUT2D eigenvalue weighted by molar-refractivity contribution is 6.03. The highest BCUT2D eigenvalue weighted by Gasteiger charge is 2.35. The molecule has 25 heavy (non-hydrogen) atoms. The summed E-state index contributed by atoms with van der Waals surface area (Å²) in [5.74, 6) is -0.401. The summed E-state index contributed by atoms with van der Waals surface area (Å²) in [5.41, 5.74) is 2.92. The van der Waals surface area contributed by atoms with E-state index in [1.54, 1.807) is 4.90 Å². The number of unbranched alkanes of at least 4 members (excludes halogenated alkanes) is 1. The van der Waals surface area contributed by atoms with E-state index >= 15 is 0 Å². The Kier molecular flexibility index (Phi) is 5.49. The van der Waals surface area contributed by atoms with Crippen LogP contribution >= 0.6 is 0 Å². The molecule has 3 rings (SSSR count). The van der Waals surface area contributed by atoms with Gasteiger partial charge in [-0.15, -0.1) is 0 Å². The standard InChI is InChI=1S/C21H24N2O2/c1-2-3-7-16-10-12-18(13-11-16)22-21(25)17-14-20(24)23(15-17)19-8-5-4-6-9-19/h4-6,8-13,17H,2-3,7,14-15H2,1H3,(H,22,25). The molecule has 1 N–H and O–H groups in total. The van der Waals surface area contributed by atoms with Gasteiger partial charge >= 0.3 is 0 Å². The molecule has 1 unspecified atom stereocenters. The number of para-hydroxylation sites is 1. The van der Waals surface area contributed by atoms with E-state index in [9.17, 15) is 9.59 Å². The van der Waals surface area contributed by atoms with Gasteiger partial charge in [0, 0.05) is 24.3 Å². The lowest BCUT2D eigenvalue weighted by atomic mass is 10.1. The summed E-state index contributed by atoms with van der Waals surface area (Å²) in [7, 11) is 0. The van der Waals surface area contributed by atoms with Crippen molar-refractivity contribution in [2.45, 2.75) is 32.6 Å². The average Bonchev–Trinajstić information content (AvgIpc) is 3.04. The van der Waals surface area contributed by atoms with Gasteiger partial charge in [-0.05, 0) is 42.7 Å². The summed E-state index contributed by atoms with van der Waals surface area (Å²) in [4.78, 5) is 26.4. The van der Waals surface area contributed by atoms with Gasteiger partial charge in [0.2, 0.25) is 11.8 Å². The molecule has 0 bridgehead atoms. The summed E-state index contributed by atoms with van der Waals surface area (Å²) in [6.07, 6.45) is 3.67. The fourth-order valence-electron chi connectivity index (χ4n) is 3.12. The molecular weight excluding hydrogens is 312 g/mol. The minimum Gasteiger partial charge on any atom is -0.326 e. The fraction of sp³-hybridized carbons (Fsp3) is 0.333. The number of aryl methyl sites for hydroxylation is 1. The first kappa shape index (κ1) is 17.2. The SMILES string of the molecule is CCCCc1ccc(NC(=O)C2CC(=O)N(c3ccccc3)C2)cc1. The van der Waals surface area contributed by atoms with E-state index in [0.717, 1.165) is 17.8 Å². The van der Waals surface area contributed by atoms with Crippen molar-refractivity contribution in [1.29, 1.82) is 0 Å². The Bertz CT molecular complexity index is 725. The van der Waals surface area contributed by atoms with Gasteiger partial charge in [-0.25, -0.2) is 0 Å². The monoisotopic (exact) mass is 336 g/mol. The van der Waals surface area contributed by atoms with Gasteiger partial charge in [0.05, 0.1) is 5.92 Å². The van der Waals surface area contributed by atoms with Gasteiger partial charge in [-0.3, -0.25) is 9.59 Å². The van der Waals surface area contributed by atoms with Crippen molar-refractivity contribution in [1.82, 2.24) is 0 Å². The molecule has 1 saturated heterocycles. The zero-order chi connectivity index (χ0) is 17.6. The van der Waals surface area contributed by atoms with Gasteiger partial charge in [0.1, 0.15) is 0 Å². The third-order valence-electron chi connectivity index (χ3n) is 4.60. The van der Waals surface area contributed by atoms with Crippen LogP contribution in [-0.2, 0) is 16.0 Å². The molecule has 4 heteroatoms. The predicted octanol–water partition coefficient (Wildman–Crippen LogP) is 4.02. The molecule has 2 aromatic rings. The molecule has 0 spiro atoms. The van der Waals surface area contributed by atoms with E-state index < -0.39 is 0 Å². The number of amides is 2. The average molecular weight is 336 g/mol. The van der Waals surface area contributed by atoms with E-state index in [0.29, 0.717) is 6.54 Å². The number of nitrogens with one attached hydrogen (secondary N) is 1. The molecule has 0 saturated carbocycles. The van der Waals surface area contributed by atoms with Crippen molar-refractivity contribution in [2.75, 3.05) is 16.8 Å². The first-order valence-corrected chi connectivity index (χ1v) is 8.92. The Morgan fingerprint density at radius 2 is 1.84 bits per heavy atom.